The van der Waals surface area contributed by atoms with Gasteiger partial charge in [0, 0.05) is 31.5 Å². The summed E-state index contributed by atoms with van der Waals surface area (Å²) in [6.07, 6.45) is 2.95. The van der Waals surface area contributed by atoms with E-state index in [1.165, 1.54) is 12.3 Å². The molecule has 31 heavy (non-hydrogen) atoms. The van der Waals surface area contributed by atoms with Crippen LogP contribution >= 0.6 is 0 Å². The van der Waals surface area contributed by atoms with Crippen molar-refractivity contribution in [1.29, 1.82) is 0 Å². The molecule has 0 spiro atoms. The second-order valence-electron chi connectivity index (χ2n) is 6.53. The zero-order valence-corrected chi connectivity index (χ0v) is 16.8. The van der Waals surface area contributed by atoms with E-state index < -0.39 is 6.61 Å². The highest BCUT2D eigenvalue weighted by Gasteiger charge is 2.12. The summed E-state index contributed by atoms with van der Waals surface area (Å²) in [5, 5.41) is 6.24. The van der Waals surface area contributed by atoms with Crippen LogP contribution < -0.4 is 20.1 Å². The fourth-order valence-corrected chi connectivity index (χ4v) is 2.98. The zero-order valence-electron chi connectivity index (χ0n) is 16.8. The van der Waals surface area contributed by atoms with E-state index in [0.717, 1.165) is 16.9 Å². The normalized spacial score (nSPS) is 11.0. The molecule has 1 aromatic carbocycles. The van der Waals surface area contributed by atoms with E-state index >= 15 is 0 Å². The van der Waals surface area contributed by atoms with Crippen LogP contribution in [0.1, 0.15) is 6.92 Å². The number of benzene rings is 1. The number of nitrogens with one attached hydrogen (secondary N) is 2. The van der Waals surface area contributed by atoms with Gasteiger partial charge in [-0.25, -0.2) is 9.97 Å². The summed E-state index contributed by atoms with van der Waals surface area (Å²) in [7, 11) is 1.84. The highest BCUT2D eigenvalue weighted by atomic mass is 19.3. The molecule has 0 unspecified atom stereocenters. The molecular formula is C21H20F2N6O2. The molecule has 8 nitrogen and oxygen atoms in total. The Labute approximate surface area is 176 Å². The van der Waals surface area contributed by atoms with Crippen LogP contribution in [0.5, 0.6) is 17.5 Å². The van der Waals surface area contributed by atoms with Crippen LogP contribution in [0.2, 0.25) is 0 Å². The van der Waals surface area contributed by atoms with Crippen LogP contribution in [0, 0.1) is 0 Å². The van der Waals surface area contributed by atoms with Crippen molar-refractivity contribution in [3.8, 4) is 17.5 Å². The monoisotopic (exact) mass is 426 g/mol. The van der Waals surface area contributed by atoms with Crippen LogP contribution in [-0.4, -0.2) is 32.7 Å². The number of aryl methyl sites for hydroxylation is 1. The van der Waals surface area contributed by atoms with Crippen molar-refractivity contribution in [2.24, 2.45) is 7.05 Å². The fourth-order valence-electron chi connectivity index (χ4n) is 2.98. The van der Waals surface area contributed by atoms with Crippen molar-refractivity contribution in [3.05, 3.63) is 54.9 Å². The average molecular weight is 426 g/mol. The number of alkyl halides is 2. The van der Waals surface area contributed by atoms with Gasteiger partial charge in [0.05, 0.1) is 11.9 Å². The molecule has 0 atom stereocenters. The van der Waals surface area contributed by atoms with Crippen molar-refractivity contribution < 1.29 is 18.3 Å². The predicted molar refractivity (Wildman–Crippen MR) is 113 cm³/mol. The number of pyridine rings is 2. The summed E-state index contributed by atoms with van der Waals surface area (Å²) in [6.45, 7) is -0.420. The Morgan fingerprint density at radius 1 is 1.10 bits per heavy atom. The first-order valence-corrected chi connectivity index (χ1v) is 9.54. The van der Waals surface area contributed by atoms with E-state index in [4.69, 9.17) is 4.74 Å². The molecule has 0 saturated carbocycles. The first kappa shape index (κ1) is 20.3. The number of hydrogen-bond donors (Lipinski definition) is 2. The van der Waals surface area contributed by atoms with Crippen LogP contribution in [0.4, 0.5) is 26.0 Å². The van der Waals surface area contributed by atoms with Gasteiger partial charge >= 0.3 is 12.6 Å². The lowest BCUT2D eigenvalue weighted by molar-refractivity contribution is -0.0500. The van der Waals surface area contributed by atoms with Gasteiger partial charge in [0.1, 0.15) is 17.0 Å². The van der Waals surface area contributed by atoms with Crippen LogP contribution in [-0.2, 0) is 7.05 Å². The molecule has 10 heteroatoms. The van der Waals surface area contributed by atoms with Crippen molar-refractivity contribution in [2.75, 3.05) is 17.2 Å². The molecule has 3 aromatic heterocycles. The summed E-state index contributed by atoms with van der Waals surface area (Å²) in [4.78, 5) is 12.9. The topological polar surface area (TPSA) is 86.1 Å². The number of anilines is 3. The van der Waals surface area contributed by atoms with E-state index in [9.17, 15) is 8.78 Å². The van der Waals surface area contributed by atoms with Crippen molar-refractivity contribution in [2.45, 2.75) is 13.5 Å². The van der Waals surface area contributed by atoms with Gasteiger partial charge in [-0.05, 0) is 43.3 Å². The molecule has 0 saturated heterocycles. The number of rotatable bonds is 8. The number of imidazole rings is 1. The minimum atomic E-state index is -2.91. The van der Waals surface area contributed by atoms with Gasteiger partial charge in [-0.15, -0.1) is 0 Å². The van der Waals surface area contributed by atoms with Crippen LogP contribution in [0.3, 0.4) is 0 Å². The second kappa shape index (κ2) is 8.82. The average Bonchev–Trinajstić information content (AvgIpc) is 3.07. The highest BCUT2D eigenvalue weighted by molar-refractivity contribution is 5.73. The molecule has 2 N–H and O–H groups in total. The number of halogens is 2. The van der Waals surface area contributed by atoms with Gasteiger partial charge in [0.2, 0.25) is 0 Å². The third kappa shape index (κ3) is 4.63. The zero-order chi connectivity index (χ0) is 21.8. The summed E-state index contributed by atoms with van der Waals surface area (Å²) >= 11 is 0. The lowest BCUT2D eigenvalue weighted by Gasteiger charge is -2.14. The molecule has 4 aromatic rings. The van der Waals surface area contributed by atoms with Gasteiger partial charge in [0.15, 0.2) is 11.5 Å². The van der Waals surface area contributed by atoms with E-state index in [1.54, 1.807) is 22.9 Å². The first-order chi connectivity index (χ1) is 15.0. The van der Waals surface area contributed by atoms with Gasteiger partial charge in [-0.3, -0.25) is 4.57 Å². The smallest absolute Gasteiger partial charge is 0.387 e. The molecule has 0 bridgehead atoms. The number of nitrogens with zero attached hydrogens (tertiary/aromatic N) is 4. The molecule has 0 amide bonds. The lowest BCUT2D eigenvalue weighted by atomic mass is 10.3. The summed E-state index contributed by atoms with van der Waals surface area (Å²) in [5.41, 5.74) is 2.78. The molecule has 0 aliphatic rings. The Bertz CT molecular complexity index is 1180. The molecule has 0 radical (unpaired) electrons. The molecule has 160 valence electrons. The largest absolute Gasteiger partial charge is 0.433 e. The SMILES string of the molecule is CCNc1cc(OC(F)F)cnc1Nc1ccc(Oc2nc3cccnc3n2C)cc1. The molecule has 4 rings (SSSR count). The maximum Gasteiger partial charge on any atom is 0.387 e. The molecule has 0 aliphatic carbocycles. The summed E-state index contributed by atoms with van der Waals surface area (Å²) in [6, 6.07) is 12.8. The Balaban J connectivity index is 1.50. The van der Waals surface area contributed by atoms with Crippen molar-refractivity contribution >= 4 is 28.4 Å². The standard InChI is InChI=1S/C21H20F2N6O2/c1-3-24-17-11-15(30-20(22)23)12-26-18(17)27-13-6-8-14(9-7-13)31-21-28-16-5-4-10-25-19(16)29(21)2/h4-12,20,24H,3H2,1-2H3,(H,26,27). The van der Waals surface area contributed by atoms with Gasteiger partial charge in [-0.1, -0.05) is 0 Å². The third-order valence-corrected chi connectivity index (χ3v) is 4.37. The predicted octanol–water partition coefficient (Wildman–Crippen LogP) is 4.93. The maximum absolute atomic E-state index is 12.5. The fraction of sp³-hybridized carbons (Fsp3) is 0.190. The van der Waals surface area contributed by atoms with Crippen molar-refractivity contribution in [1.82, 2.24) is 19.5 Å². The Morgan fingerprint density at radius 3 is 2.61 bits per heavy atom. The maximum atomic E-state index is 12.5. The van der Waals surface area contributed by atoms with E-state index in [2.05, 4.69) is 30.3 Å². The first-order valence-electron chi connectivity index (χ1n) is 9.54. The van der Waals surface area contributed by atoms with E-state index in [0.29, 0.717) is 29.8 Å². The van der Waals surface area contributed by atoms with Gasteiger partial charge in [-0.2, -0.15) is 13.8 Å². The summed E-state index contributed by atoms with van der Waals surface area (Å²) in [5.74, 6) is 1.07. The number of ether oxygens (including phenoxy) is 2. The molecule has 0 aliphatic heterocycles. The second-order valence-corrected chi connectivity index (χ2v) is 6.53. The van der Waals surface area contributed by atoms with E-state index in [1.807, 2.05) is 38.2 Å². The third-order valence-electron chi connectivity index (χ3n) is 4.37. The Kier molecular flexibility index (Phi) is 5.78. The van der Waals surface area contributed by atoms with Gasteiger partial charge in [0.25, 0.3) is 0 Å². The number of fused-ring (bicyclic) bond motifs is 1. The van der Waals surface area contributed by atoms with Crippen LogP contribution in [0.25, 0.3) is 11.2 Å². The minimum absolute atomic E-state index is 0.0165. The number of aromatic nitrogens is 4. The van der Waals surface area contributed by atoms with Gasteiger partial charge < -0.3 is 20.1 Å². The highest BCUT2D eigenvalue weighted by Crippen LogP contribution is 2.30. The lowest BCUT2D eigenvalue weighted by Crippen LogP contribution is -2.06. The van der Waals surface area contributed by atoms with Crippen molar-refractivity contribution in [3.63, 3.8) is 0 Å². The van der Waals surface area contributed by atoms with Crippen LogP contribution in [0.15, 0.2) is 54.9 Å². The quantitative estimate of drug-likeness (QED) is 0.413. The molecule has 0 fully saturated rings. The minimum Gasteiger partial charge on any atom is -0.433 e. The Morgan fingerprint density at radius 2 is 1.90 bits per heavy atom. The molecular weight excluding hydrogens is 406 g/mol. The Hall–Kier alpha value is -3.95. The number of hydrogen-bond acceptors (Lipinski definition) is 7. The molecule has 3 heterocycles. The van der Waals surface area contributed by atoms with E-state index in [-0.39, 0.29) is 5.75 Å². The summed E-state index contributed by atoms with van der Waals surface area (Å²) < 4.78 is 37.0.